The van der Waals surface area contributed by atoms with Crippen LogP contribution in [0.5, 0.6) is 0 Å². The van der Waals surface area contributed by atoms with Crippen molar-refractivity contribution in [3.8, 4) is 0 Å². The van der Waals surface area contributed by atoms with Gasteiger partial charge in [0.1, 0.15) is 0 Å². The lowest BCUT2D eigenvalue weighted by Crippen LogP contribution is -2.35. The second-order valence-corrected chi connectivity index (χ2v) is 4.50. The molecule has 6 nitrogen and oxygen atoms in total. The van der Waals surface area contributed by atoms with Crippen LogP contribution >= 0.6 is 11.6 Å². The van der Waals surface area contributed by atoms with Gasteiger partial charge in [0, 0.05) is 25.4 Å². The molecule has 0 N–H and O–H groups in total. The van der Waals surface area contributed by atoms with Crippen LogP contribution in [0.4, 0.5) is 5.69 Å². The van der Waals surface area contributed by atoms with E-state index < -0.39 is 4.92 Å². The molecule has 7 heteroatoms. The van der Waals surface area contributed by atoms with Crippen molar-refractivity contribution in [3.05, 3.63) is 33.1 Å². The van der Waals surface area contributed by atoms with E-state index in [0.717, 1.165) is 19.3 Å². The minimum Gasteiger partial charge on any atom is -0.339 e. The molecule has 1 fully saturated rings. The van der Waals surface area contributed by atoms with Gasteiger partial charge < -0.3 is 4.90 Å². The maximum atomic E-state index is 12.1. The van der Waals surface area contributed by atoms with Crippen molar-refractivity contribution in [1.82, 2.24) is 9.88 Å². The molecular weight excluding hydrogens is 258 g/mol. The van der Waals surface area contributed by atoms with Gasteiger partial charge in [-0.15, -0.1) is 0 Å². The fraction of sp³-hybridized carbons (Fsp3) is 0.455. The van der Waals surface area contributed by atoms with Crippen molar-refractivity contribution >= 4 is 23.2 Å². The minimum absolute atomic E-state index is 0.199. The predicted molar refractivity (Wildman–Crippen MR) is 65.7 cm³/mol. The third-order valence-corrected chi connectivity index (χ3v) is 3.20. The summed E-state index contributed by atoms with van der Waals surface area (Å²) in [6.07, 6.45) is 4.33. The largest absolute Gasteiger partial charge is 0.339 e. The normalized spacial score (nSPS) is 15.5. The third-order valence-electron chi connectivity index (χ3n) is 2.91. The first-order chi connectivity index (χ1) is 8.59. The highest BCUT2D eigenvalue weighted by atomic mass is 35.5. The van der Waals surface area contributed by atoms with E-state index in [0.29, 0.717) is 13.1 Å². The van der Waals surface area contributed by atoms with Gasteiger partial charge in [0.25, 0.3) is 5.91 Å². The fourth-order valence-electron chi connectivity index (χ4n) is 1.96. The summed E-state index contributed by atoms with van der Waals surface area (Å²) in [4.78, 5) is 27.6. The van der Waals surface area contributed by atoms with Crippen LogP contribution in [0.25, 0.3) is 0 Å². The van der Waals surface area contributed by atoms with Gasteiger partial charge in [0.05, 0.1) is 10.5 Å². The van der Waals surface area contributed by atoms with Crippen LogP contribution in [-0.4, -0.2) is 33.8 Å². The van der Waals surface area contributed by atoms with Crippen LogP contribution in [0.1, 0.15) is 29.6 Å². The first kappa shape index (κ1) is 12.8. The van der Waals surface area contributed by atoms with Crippen LogP contribution in [-0.2, 0) is 0 Å². The van der Waals surface area contributed by atoms with E-state index in [9.17, 15) is 14.9 Å². The number of piperidine rings is 1. The molecule has 0 aromatic carbocycles. The molecule has 18 heavy (non-hydrogen) atoms. The molecule has 1 aromatic rings. The van der Waals surface area contributed by atoms with Gasteiger partial charge in [-0.3, -0.25) is 14.9 Å². The zero-order valence-corrected chi connectivity index (χ0v) is 10.4. The van der Waals surface area contributed by atoms with Gasteiger partial charge in [0.15, 0.2) is 0 Å². The van der Waals surface area contributed by atoms with Crippen molar-refractivity contribution in [2.75, 3.05) is 13.1 Å². The summed E-state index contributed by atoms with van der Waals surface area (Å²) in [6, 6.07) is 1.19. The van der Waals surface area contributed by atoms with Gasteiger partial charge >= 0.3 is 5.69 Å². The van der Waals surface area contributed by atoms with Crippen molar-refractivity contribution in [2.24, 2.45) is 0 Å². The lowest BCUT2D eigenvalue weighted by Gasteiger charge is -2.26. The Hall–Kier alpha value is -1.69. The van der Waals surface area contributed by atoms with Crippen LogP contribution in [0.15, 0.2) is 12.3 Å². The molecule has 1 aromatic heterocycles. The van der Waals surface area contributed by atoms with E-state index in [-0.39, 0.29) is 22.3 Å². The lowest BCUT2D eigenvalue weighted by molar-refractivity contribution is -0.385. The Morgan fingerprint density at radius 1 is 1.39 bits per heavy atom. The summed E-state index contributed by atoms with van der Waals surface area (Å²) in [5.74, 6) is -0.220. The summed E-state index contributed by atoms with van der Waals surface area (Å²) in [6.45, 7) is 1.38. The van der Waals surface area contributed by atoms with E-state index in [4.69, 9.17) is 11.6 Å². The van der Waals surface area contributed by atoms with Crippen molar-refractivity contribution < 1.29 is 9.72 Å². The average Bonchev–Trinajstić information content (AvgIpc) is 2.39. The van der Waals surface area contributed by atoms with Crippen molar-refractivity contribution in [3.63, 3.8) is 0 Å². The molecule has 0 atom stereocenters. The lowest BCUT2D eigenvalue weighted by atomic mass is 10.1. The number of carbonyl (C=O) groups excluding carboxylic acids is 1. The number of nitro groups is 1. The highest BCUT2D eigenvalue weighted by Crippen LogP contribution is 2.23. The summed E-state index contributed by atoms with van der Waals surface area (Å²) in [7, 11) is 0. The molecule has 0 aliphatic carbocycles. The Labute approximate surface area is 109 Å². The Balaban J connectivity index is 2.24. The zero-order valence-electron chi connectivity index (χ0n) is 9.63. The van der Waals surface area contributed by atoms with E-state index >= 15 is 0 Å². The smallest absolute Gasteiger partial charge is 0.307 e. The molecule has 0 unspecified atom stereocenters. The molecule has 0 spiro atoms. The molecule has 0 radical (unpaired) electrons. The summed E-state index contributed by atoms with van der Waals surface area (Å²) in [5, 5.41) is 10.5. The van der Waals surface area contributed by atoms with Gasteiger partial charge in [-0.1, -0.05) is 11.6 Å². The van der Waals surface area contributed by atoms with Gasteiger partial charge in [-0.25, -0.2) is 4.98 Å². The molecule has 1 saturated heterocycles. The van der Waals surface area contributed by atoms with Crippen LogP contribution in [0, 0.1) is 10.1 Å². The molecule has 1 amide bonds. The van der Waals surface area contributed by atoms with E-state index in [1.807, 2.05) is 0 Å². The highest BCUT2D eigenvalue weighted by Gasteiger charge is 2.22. The number of aromatic nitrogens is 1. The Kier molecular flexibility index (Phi) is 3.76. The zero-order chi connectivity index (χ0) is 13.1. The number of rotatable bonds is 2. The minimum atomic E-state index is -0.637. The second kappa shape index (κ2) is 5.30. The number of carbonyl (C=O) groups is 1. The molecule has 0 saturated carbocycles. The number of nitrogens with zero attached hydrogens (tertiary/aromatic N) is 3. The molecular formula is C11H12ClN3O3. The summed E-state index contributed by atoms with van der Waals surface area (Å²) < 4.78 is 0. The van der Waals surface area contributed by atoms with E-state index in [2.05, 4.69) is 4.98 Å². The molecule has 96 valence electrons. The first-order valence-corrected chi connectivity index (χ1v) is 6.06. The van der Waals surface area contributed by atoms with Gasteiger partial charge in [-0.2, -0.15) is 0 Å². The Morgan fingerprint density at radius 2 is 2.06 bits per heavy atom. The highest BCUT2D eigenvalue weighted by molar-refractivity contribution is 6.31. The molecule has 2 rings (SSSR count). The third kappa shape index (κ3) is 2.59. The maximum Gasteiger partial charge on any atom is 0.307 e. The van der Waals surface area contributed by atoms with Crippen LogP contribution in [0.2, 0.25) is 5.15 Å². The monoisotopic (exact) mass is 269 g/mol. The number of pyridine rings is 1. The topological polar surface area (TPSA) is 76.3 Å². The Bertz CT molecular complexity index is 486. The quantitative estimate of drug-likeness (QED) is 0.469. The summed E-state index contributed by atoms with van der Waals surface area (Å²) >= 11 is 5.60. The van der Waals surface area contributed by atoms with Crippen LogP contribution < -0.4 is 0 Å². The molecule has 2 heterocycles. The maximum absolute atomic E-state index is 12.1. The van der Waals surface area contributed by atoms with E-state index in [1.54, 1.807) is 4.90 Å². The number of hydrogen-bond donors (Lipinski definition) is 0. The Morgan fingerprint density at radius 3 is 2.67 bits per heavy atom. The number of hydrogen-bond acceptors (Lipinski definition) is 4. The molecule has 0 bridgehead atoms. The number of likely N-dealkylation sites (tertiary alicyclic amines) is 1. The van der Waals surface area contributed by atoms with Gasteiger partial charge in [0.2, 0.25) is 5.15 Å². The predicted octanol–water partition coefficient (Wildman–Crippen LogP) is 2.27. The standard InChI is InChI=1S/C11H12ClN3O3/c12-10-9(15(17)18)6-8(7-13-10)11(16)14-4-2-1-3-5-14/h6-7H,1-5H2. The summed E-state index contributed by atoms with van der Waals surface area (Å²) in [5.41, 5.74) is -0.118. The molecule has 1 aliphatic heterocycles. The van der Waals surface area contributed by atoms with Crippen molar-refractivity contribution in [1.29, 1.82) is 0 Å². The van der Waals surface area contributed by atoms with Crippen molar-refractivity contribution in [2.45, 2.75) is 19.3 Å². The van der Waals surface area contributed by atoms with Gasteiger partial charge in [-0.05, 0) is 19.3 Å². The number of amides is 1. The average molecular weight is 270 g/mol. The number of halogens is 1. The van der Waals surface area contributed by atoms with Crippen LogP contribution in [0.3, 0.4) is 0 Å². The van der Waals surface area contributed by atoms with E-state index in [1.165, 1.54) is 12.3 Å². The fourth-order valence-corrected chi connectivity index (χ4v) is 2.13. The molecule has 1 aliphatic rings. The second-order valence-electron chi connectivity index (χ2n) is 4.14. The SMILES string of the molecule is O=C(c1cnc(Cl)c([N+](=O)[O-])c1)N1CCCCC1. The first-order valence-electron chi connectivity index (χ1n) is 5.69.